The van der Waals surface area contributed by atoms with Crippen molar-refractivity contribution in [2.24, 2.45) is 18.9 Å². The minimum atomic E-state index is 0.678. The van der Waals surface area contributed by atoms with Gasteiger partial charge in [0.05, 0.1) is 6.54 Å². The molecule has 1 N–H and O–H groups in total. The summed E-state index contributed by atoms with van der Waals surface area (Å²) in [5, 5.41) is 7.56. The first kappa shape index (κ1) is 12.3. The lowest BCUT2D eigenvalue weighted by atomic mass is 9.80. The highest BCUT2D eigenvalue weighted by atomic mass is 15.3. The maximum Gasteiger partial charge on any atom is 0.140 e. The van der Waals surface area contributed by atoms with Crippen LogP contribution in [-0.4, -0.2) is 21.3 Å². The molecule has 4 nitrogen and oxygen atoms in total. The molecule has 1 aromatic rings. The highest BCUT2D eigenvalue weighted by molar-refractivity contribution is 5.09. The standard InChI is InChI=1S/C13H22N4/c1-10-5-4-6-11(2)12(10)7-14-8-13-15-9-16-17(13)3/h5,9,11-12,14H,4,6-8H2,1-3H3. The van der Waals surface area contributed by atoms with Crippen LogP contribution in [-0.2, 0) is 13.6 Å². The molecular formula is C13H22N4. The molecule has 0 spiro atoms. The molecule has 2 rings (SSSR count). The first-order valence-electron chi connectivity index (χ1n) is 6.38. The lowest BCUT2D eigenvalue weighted by Crippen LogP contribution is -2.30. The third-order valence-corrected chi connectivity index (χ3v) is 3.81. The summed E-state index contributed by atoms with van der Waals surface area (Å²) in [5.41, 5.74) is 1.54. The molecule has 0 radical (unpaired) electrons. The van der Waals surface area contributed by atoms with Gasteiger partial charge >= 0.3 is 0 Å². The summed E-state index contributed by atoms with van der Waals surface area (Å²) in [7, 11) is 1.93. The van der Waals surface area contributed by atoms with Gasteiger partial charge in [-0.25, -0.2) is 4.98 Å². The Bertz CT molecular complexity index is 394. The van der Waals surface area contributed by atoms with Gasteiger partial charge in [-0.2, -0.15) is 5.10 Å². The highest BCUT2D eigenvalue weighted by Crippen LogP contribution is 2.29. The monoisotopic (exact) mass is 234 g/mol. The number of aromatic nitrogens is 3. The average Bonchev–Trinajstić information content (AvgIpc) is 2.69. The predicted molar refractivity (Wildman–Crippen MR) is 68.4 cm³/mol. The van der Waals surface area contributed by atoms with Crippen molar-refractivity contribution in [1.82, 2.24) is 20.1 Å². The number of rotatable bonds is 4. The summed E-state index contributed by atoms with van der Waals surface area (Å²) in [6, 6.07) is 0. The molecule has 2 atom stereocenters. The zero-order valence-corrected chi connectivity index (χ0v) is 11.0. The van der Waals surface area contributed by atoms with Crippen LogP contribution in [0.3, 0.4) is 0 Å². The fourth-order valence-electron chi connectivity index (χ4n) is 2.56. The number of aryl methyl sites for hydroxylation is 1. The van der Waals surface area contributed by atoms with Crippen molar-refractivity contribution in [2.75, 3.05) is 6.54 Å². The quantitative estimate of drug-likeness (QED) is 0.809. The van der Waals surface area contributed by atoms with E-state index in [0.29, 0.717) is 5.92 Å². The van der Waals surface area contributed by atoms with Gasteiger partial charge in [-0.15, -0.1) is 0 Å². The van der Waals surface area contributed by atoms with E-state index in [1.165, 1.54) is 18.4 Å². The van der Waals surface area contributed by atoms with Crippen LogP contribution in [0.4, 0.5) is 0 Å². The number of nitrogens with zero attached hydrogens (tertiary/aromatic N) is 3. The van der Waals surface area contributed by atoms with Gasteiger partial charge in [0, 0.05) is 13.6 Å². The van der Waals surface area contributed by atoms with Crippen LogP contribution in [0.25, 0.3) is 0 Å². The molecule has 0 aromatic carbocycles. The van der Waals surface area contributed by atoms with Crippen molar-refractivity contribution in [3.63, 3.8) is 0 Å². The van der Waals surface area contributed by atoms with E-state index in [0.717, 1.165) is 24.8 Å². The molecule has 0 aliphatic heterocycles. The van der Waals surface area contributed by atoms with Crippen molar-refractivity contribution in [3.8, 4) is 0 Å². The second kappa shape index (κ2) is 5.45. The first-order chi connectivity index (χ1) is 8.18. The van der Waals surface area contributed by atoms with E-state index >= 15 is 0 Å². The van der Waals surface area contributed by atoms with E-state index in [-0.39, 0.29) is 0 Å². The van der Waals surface area contributed by atoms with E-state index in [1.54, 1.807) is 6.33 Å². The second-order valence-corrected chi connectivity index (χ2v) is 5.04. The van der Waals surface area contributed by atoms with Crippen LogP contribution in [0.2, 0.25) is 0 Å². The van der Waals surface area contributed by atoms with E-state index in [1.807, 2.05) is 11.7 Å². The van der Waals surface area contributed by atoms with Gasteiger partial charge in [0.25, 0.3) is 0 Å². The maximum atomic E-state index is 4.21. The minimum Gasteiger partial charge on any atom is -0.309 e. The lowest BCUT2D eigenvalue weighted by Gasteiger charge is -2.28. The Morgan fingerprint density at radius 1 is 1.53 bits per heavy atom. The van der Waals surface area contributed by atoms with Crippen LogP contribution < -0.4 is 5.32 Å². The molecule has 0 saturated heterocycles. The lowest BCUT2D eigenvalue weighted by molar-refractivity contribution is 0.348. The normalized spacial score (nSPS) is 24.8. The van der Waals surface area contributed by atoms with Crippen LogP contribution >= 0.6 is 0 Å². The molecule has 17 heavy (non-hydrogen) atoms. The predicted octanol–water partition coefficient (Wildman–Crippen LogP) is 1.90. The van der Waals surface area contributed by atoms with Gasteiger partial charge in [-0.05, 0) is 31.6 Å². The minimum absolute atomic E-state index is 0.678. The van der Waals surface area contributed by atoms with Gasteiger partial charge in [-0.3, -0.25) is 4.68 Å². The Kier molecular flexibility index (Phi) is 3.94. The van der Waals surface area contributed by atoms with Gasteiger partial charge in [0.2, 0.25) is 0 Å². The molecule has 0 bridgehead atoms. The van der Waals surface area contributed by atoms with Gasteiger partial charge in [0.15, 0.2) is 0 Å². The Labute approximate surface area is 103 Å². The van der Waals surface area contributed by atoms with Crippen molar-refractivity contribution in [3.05, 3.63) is 23.8 Å². The number of hydrogen-bond donors (Lipinski definition) is 1. The van der Waals surface area contributed by atoms with Crippen molar-refractivity contribution in [2.45, 2.75) is 33.2 Å². The van der Waals surface area contributed by atoms with Crippen molar-refractivity contribution < 1.29 is 0 Å². The summed E-state index contributed by atoms with van der Waals surface area (Å²) < 4.78 is 1.82. The highest BCUT2D eigenvalue weighted by Gasteiger charge is 2.21. The van der Waals surface area contributed by atoms with Crippen LogP contribution in [0.5, 0.6) is 0 Å². The van der Waals surface area contributed by atoms with Crippen LogP contribution in [0, 0.1) is 11.8 Å². The molecule has 0 amide bonds. The van der Waals surface area contributed by atoms with E-state index < -0.39 is 0 Å². The largest absolute Gasteiger partial charge is 0.309 e. The third kappa shape index (κ3) is 2.94. The molecule has 0 saturated carbocycles. The van der Waals surface area contributed by atoms with E-state index in [9.17, 15) is 0 Å². The molecule has 1 aliphatic rings. The third-order valence-electron chi connectivity index (χ3n) is 3.81. The number of hydrogen-bond acceptors (Lipinski definition) is 3. The Hall–Kier alpha value is -1.16. The summed E-state index contributed by atoms with van der Waals surface area (Å²) >= 11 is 0. The summed E-state index contributed by atoms with van der Waals surface area (Å²) in [6.45, 7) is 6.44. The Morgan fingerprint density at radius 3 is 3.00 bits per heavy atom. The molecule has 1 aliphatic carbocycles. The smallest absolute Gasteiger partial charge is 0.140 e. The van der Waals surface area contributed by atoms with E-state index in [2.05, 4.69) is 35.3 Å². The molecular weight excluding hydrogens is 212 g/mol. The van der Waals surface area contributed by atoms with Crippen LogP contribution in [0.1, 0.15) is 32.5 Å². The molecule has 1 aromatic heterocycles. The molecule has 4 heteroatoms. The average molecular weight is 234 g/mol. The van der Waals surface area contributed by atoms with Crippen molar-refractivity contribution >= 4 is 0 Å². The number of allylic oxidation sites excluding steroid dienone is 1. The fourth-order valence-corrected chi connectivity index (χ4v) is 2.56. The summed E-state index contributed by atoms with van der Waals surface area (Å²) in [5.74, 6) is 2.46. The zero-order chi connectivity index (χ0) is 12.3. The molecule has 0 fully saturated rings. The van der Waals surface area contributed by atoms with Crippen LogP contribution in [0.15, 0.2) is 18.0 Å². The Morgan fingerprint density at radius 2 is 2.35 bits per heavy atom. The molecule has 94 valence electrons. The van der Waals surface area contributed by atoms with Gasteiger partial charge in [0.1, 0.15) is 12.2 Å². The van der Waals surface area contributed by atoms with Gasteiger partial charge < -0.3 is 5.32 Å². The summed E-state index contributed by atoms with van der Waals surface area (Å²) in [4.78, 5) is 4.21. The van der Waals surface area contributed by atoms with Crippen molar-refractivity contribution in [1.29, 1.82) is 0 Å². The maximum absolute atomic E-state index is 4.21. The fraction of sp³-hybridized carbons (Fsp3) is 0.692. The topological polar surface area (TPSA) is 42.7 Å². The molecule has 2 unspecified atom stereocenters. The second-order valence-electron chi connectivity index (χ2n) is 5.04. The Balaban J connectivity index is 1.84. The zero-order valence-electron chi connectivity index (χ0n) is 11.0. The SMILES string of the molecule is CC1=CCCC(C)C1CNCc1ncnn1C. The summed E-state index contributed by atoms with van der Waals surface area (Å²) in [6.07, 6.45) is 6.54. The first-order valence-corrected chi connectivity index (χ1v) is 6.38. The number of nitrogens with one attached hydrogen (secondary N) is 1. The molecule has 1 heterocycles. The van der Waals surface area contributed by atoms with Gasteiger partial charge in [-0.1, -0.05) is 18.6 Å². The van der Waals surface area contributed by atoms with E-state index in [4.69, 9.17) is 0 Å².